The predicted molar refractivity (Wildman–Crippen MR) is 76.4 cm³/mol. The molecule has 0 aliphatic heterocycles. The predicted octanol–water partition coefficient (Wildman–Crippen LogP) is 3.64. The van der Waals surface area contributed by atoms with Crippen molar-refractivity contribution in [2.45, 2.75) is 6.42 Å². The summed E-state index contributed by atoms with van der Waals surface area (Å²) in [6.45, 7) is 0. The molecule has 2 nitrogen and oxygen atoms in total. The van der Waals surface area contributed by atoms with Gasteiger partial charge in [0.25, 0.3) is 0 Å². The number of carbonyl (C=O) groups excluding carboxylic acids is 1. The van der Waals surface area contributed by atoms with Gasteiger partial charge in [-0.05, 0) is 35.7 Å². The van der Waals surface area contributed by atoms with Crippen LogP contribution in [0.15, 0.2) is 60.8 Å². The molecule has 92 valence electrons. The number of rotatable bonds is 3. The van der Waals surface area contributed by atoms with Gasteiger partial charge >= 0.3 is 0 Å². The van der Waals surface area contributed by atoms with E-state index in [2.05, 4.69) is 11.1 Å². The van der Waals surface area contributed by atoms with Gasteiger partial charge in [-0.2, -0.15) is 0 Å². The molecule has 2 heteroatoms. The van der Waals surface area contributed by atoms with E-state index in [-0.39, 0.29) is 0 Å². The van der Waals surface area contributed by atoms with Crippen molar-refractivity contribution >= 4 is 17.2 Å². The minimum absolute atomic E-state index is 0.718. The van der Waals surface area contributed by atoms with Gasteiger partial charge in [0.05, 0.1) is 5.52 Å². The highest BCUT2D eigenvalue weighted by Gasteiger charge is 2.03. The maximum atomic E-state index is 10.8. The Morgan fingerprint density at radius 1 is 1.00 bits per heavy atom. The van der Waals surface area contributed by atoms with E-state index >= 15 is 0 Å². The van der Waals surface area contributed by atoms with E-state index < -0.39 is 0 Å². The highest BCUT2D eigenvalue weighted by Crippen LogP contribution is 2.19. The molecule has 1 aromatic heterocycles. The van der Waals surface area contributed by atoms with Gasteiger partial charge < -0.3 is 0 Å². The van der Waals surface area contributed by atoms with Crippen LogP contribution in [0.2, 0.25) is 0 Å². The van der Waals surface area contributed by atoms with Gasteiger partial charge in [0.1, 0.15) is 6.29 Å². The number of para-hydroxylation sites is 1. The van der Waals surface area contributed by atoms with Gasteiger partial charge in [0.2, 0.25) is 0 Å². The number of pyridine rings is 1. The molecule has 19 heavy (non-hydrogen) atoms. The first-order valence-corrected chi connectivity index (χ1v) is 6.23. The van der Waals surface area contributed by atoms with Crippen LogP contribution in [-0.2, 0) is 6.42 Å². The monoisotopic (exact) mass is 247 g/mol. The zero-order valence-electron chi connectivity index (χ0n) is 10.4. The molecular formula is C17H13NO. The van der Waals surface area contributed by atoms with Crippen molar-refractivity contribution in [2.24, 2.45) is 0 Å². The van der Waals surface area contributed by atoms with Crippen molar-refractivity contribution in [3.8, 4) is 0 Å². The van der Waals surface area contributed by atoms with Gasteiger partial charge in [-0.15, -0.1) is 0 Å². The third-order valence-corrected chi connectivity index (χ3v) is 3.22. The van der Waals surface area contributed by atoms with Gasteiger partial charge in [-0.3, -0.25) is 9.78 Å². The molecule has 0 spiro atoms. The van der Waals surface area contributed by atoms with E-state index in [1.807, 2.05) is 54.7 Å². The number of aromatic nitrogens is 1. The Bertz CT molecular complexity index is 729. The second-order valence-electron chi connectivity index (χ2n) is 4.53. The van der Waals surface area contributed by atoms with Crippen LogP contribution in [-0.4, -0.2) is 11.3 Å². The number of fused-ring (bicyclic) bond motifs is 1. The Hall–Kier alpha value is -2.48. The fourth-order valence-electron chi connectivity index (χ4n) is 2.31. The molecule has 3 aromatic rings. The zero-order chi connectivity index (χ0) is 13.1. The maximum Gasteiger partial charge on any atom is 0.150 e. The second-order valence-corrected chi connectivity index (χ2v) is 4.53. The number of hydrogen-bond acceptors (Lipinski definition) is 2. The topological polar surface area (TPSA) is 30.0 Å². The lowest BCUT2D eigenvalue weighted by molar-refractivity contribution is 0.112. The van der Waals surface area contributed by atoms with Crippen LogP contribution in [0.25, 0.3) is 10.9 Å². The van der Waals surface area contributed by atoms with Crippen molar-refractivity contribution in [3.05, 3.63) is 77.5 Å². The summed E-state index contributed by atoms with van der Waals surface area (Å²) in [5.41, 5.74) is 4.09. The first kappa shape index (κ1) is 11.6. The first-order chi connectivity index (χ1) is 9.36. The molecule has 0 fully saturated rings. The first-order valence-electron chi connectivity index (χ1n) is 6.23. The lowest BCUT2D eigenvalue weighted by Gasteiger charge is -2.06. The Morgan fingerprint density at radius 2 is 1.89 bits per heavy atom. The van der Waals surface area contributed by atoms with Crippen molar-refractivity contribution in [3.63, 3.8) is 0 Å². The number of nitrogens with zero attached hydrogens (tertiary/aromatic N) is 1. The third-order valence-electron chi connectivity index (χ3n) is 3.22. The lowest BCUT2D eigenvalue weighted by atomic mass is 10.0. The molecule has 1 heterocycles. The molecule has 2 aromatic carbocycles. The molecular weight excluding hydrogens is 234 g/mol. The van der Waals surface area contributed by atoms with Gasteiger partial charge in [0.15, 0.2) is 0 Å². The molecule has 0 saturated carbocycles. The standard InChI is InChI=1S/C17H13NO/c19-12-14-5-3-4-13(10-14)11-15-8-9-18-17-7-2-1-6-16(15)17/h1-10,12H,11H2. The fraction of sp³-hybridized carbons (Fsp3) is 0.0588. The third kappa shape index (κ3) is 2.38. The minimum atomic E-state index is 0.718. The van der Waals surface area contributed by atoms with Crippen LogP contribution in [0.1, 0.15) is 21.5 Å². The fourth-order valence-corrected chi connectivity index (χ4v) is 2.31. The van der Waals surface area contributed by atoms with Crippen molar-refractivity contribution in [1.82, 2.24) is 4.98 Å². The summed E-state index contributed by atoms with van der Waals surface area (Å²) in [5, 5.41) is 1.17. The van der Waals surface area contributed by atoms with Crippen LogP contribution >= 0.6 is 0 Å². The van der Waals surface area contributed by atoms with E-state index in [0.29, 0.717) is 0 Å². The summed E-state index contributed by atoms with van der Waals surface area (Å²) in [6.07, 6.45) is 3.53. The SMILES string of the molecule is O=Cc1cccc(Cc2ccnc3ccccc23)c1. The minimum Gasteiger partial charge on any atom is -0.298 e. The quantitative estimate of drug-likeness (QED) is 0.661. The Kier molecular flexibility index (Phi) is 3.07. The summed E-state index contributed by atoms with van der Waals surface area (Å²) < 4.78 is 0. The molecule has 0 N–H and O–H groups in total. The average molecular weight is 247 g/mol. The Balaban J connectivity index is 2.03. The van der Waals surface area contributed by atoms with Crippen LogP contribution in [0.3, 0.4) is 0 Å². The second kappa shape index (κ2) is 5.02. The molecule has 0 bridgehead atoms. The number of aldehydes is 1. The summed E-state index contributed by atoms with van der Waals surface area (Å²) in [7, 11) is 0. The Morgan fingerprint density at radius 3 is 2.79 bits per heavy atom. The highest BCUT2D eigenvalue weighted by molar-refractivity contribution is 5.82. The van der Waals surface area contributed by atoms with E-state index in [1.54, 1.807) is 0 Å². The van der Waals surface area contributed by atoms with Gasteiger partial charge in [-0.25, -0.2) is 0 Å². The molecule has 0 radical (unpaired) electrons. The highest BCUT2D eigenvalue weighted by atomic mass is 16.1. The van der Waals surface area contributed by atoms with Crippen LogP contribution in [0.4, 0.5) is 0 Å². The van der Waals surface area contributed by atoms with Crippen molar-refractivity contribution in [1.29, 1.82) is 0 Å². The summed E-state index contributed by atoms with van der Waals surface area (Å²) >= 11 is 0. The summed E-state index contributed by atoms with van der Waals surface area (Å²) in [5.74, 6) is 0. The van der Waals surface area contributed by atoms with E-state index in [4.69, 9.17) is 0 Å². The normalized spacial score (nSPS) is 10.5. The van der Waals surface area contributed by atoms with Gasteiger partial charge in [-0.1, -0.05) is 36.4 Å². The number of hydrogen-bond donors (Lipinski definition) is 0. The summed E-state index contributed by atoms with van der Waals surface area (Å²) in [4.78, 5) is 15.2. The van der Waals surface area contributed by atoms with Crippen LogP contribution in [0.5, 0.6) is 0 Å². The smallest absolute Gasteiger partial charge is 0.150 e. The van der Waals surface area contributed by atoms with Crippen LogP contribution < -0.4 is 0 Å². The molecule has 0 unspecified atom stereocenters. The number of benzene rings is 2. The van der Waals surface area contributed by atoms with Crippen molar-refractivity contribution < 1.29 is 4.79 Å². The molecule has 0 aliphatic carbocycles. The van der Waals surface area contributed by atoms with Crippen molar-refractivity contribution in [2.75, 3.05) is 0 Å². The lowest BCUT2D eigenvalue weighted by Crippen LogP contribution is -1.92. The van der Waals surface area contributed by atoms with Gasteiger partial charge in [0, 0.05) is 17.1 Å². The number of carbonyl (C=O) groups is 1. The van der Waals surface area contributed by atoms with E-state index in [9.17, 15) is 4.79 Å². The summed E-state index contributed by atoms with van der Waals surface area (Å²) in [6, 6.07) is 17.9. The van der Waals surface area contributed by atoms with E-state index in [0.717, 1.165) is 29.4 Å². The van der Waals surface area contributed by atoms with Crippen LogP contribution in [0, 0.1) is 0 Å². The van der Waals surface area contributed by atoms with E-state index in [1.165, 1.54) is 10.9 Å². The average Bonchev–Trinajstić information content (AvgIpc) is 2.48. The molecule has 0 saturated heterocycles. The maximum absolute atomic E-state index is 10.8. The molecule has 0 atom stereocenters. The largest absolute Gasteiger partial charge is 0.298 e. The molecule has 0 amide bonds. The molecule has 3 rings (SSSR count). The zero-order valence-corrected chi connectivity index (χ0v) is 10.4. The Labute approximate surface area is 111 Å². The molecule has 0 aliphatic rings.